The van der Waals surface area contributed by atoms with Crippen LogP contribution in [0.1, 0.15) is 23.5 Å². The minimum Gasteiger partial charge on any atom is -0.385 e. The molecule has 0 aliphatic heterocycles. The molecule has 0 radical (unpaired) electrons. The van der Waals surface area contributed by atoms with Gasteiger partial charge in [-0.3, -0.25) is 4.79 Å². The summed E-state index contributed by atoms with van der Waals surface area (Å²) < 4.78 is 18.1. The summed E-state index contributed by atoms with van der Waals surface area (Å²) in [6.07, 6.45) is 1.35. The molecule has 0 aliphatic rings. The van der Waals surface area contributed by atoms with Gasteiger partial charge in [-0.25, -0.2) is 4.39 Å². The monoisotopic (exact) mass is 315 g/mol. The second kappa shape index (κ2) is 9.06. The van der Waals surface area contributed by atoms with Gasteiger partial charge in [0.15, 0.2) is 0 Å². The van der Waals surface area contributed by atoms with Gasteiger partial charge in [-0.1, -0.05) is 42.5 Å². The summed E-state index contributed by atoms with van der Waals surface area (Å²) >= 11 is 0. The zero-order valence-corrected chi connectivity index (χ0v) is 13.3. The predicted octanol–water partition coefficient (Wildman–Crippen LogP) is 3.30. The van der Waals surface area contributed by atoms with Gasteiger partial charge in [-0.05, 0) is 36.1 Å². The highest BCUT2D eigenvalue weighted by Gasteiger charge is 2.20. The van der Waals surface area contributed by atoms with E-state index in [1.165, 1.54) is 12.1 Å². The first-order chi connectivity index (χ1) is 11.2. The Morgan fingerprint density at radius 1 is 1.13 bits per heavy atom. The Balaban J connectivity index is 2.10. The van der Waals surface area contributed by atoms with Crippen molar-refractivity contribution in [1.29, 1.82) is 0 Å². The highest BCUT2D eigenvalue weighted by atomic mass is 19.1. The van der Waals surface area contributed by atoms with Gasteiger partial charge in [0.25, 0.3) is 0 Å². The van der Waals surface area contributed by atoms with Crippen molar-refractivity contribution in [2.45, 2.75) is 18.8 Å². The summed E-state index contributed by atoms with van der Waals surface area (Å²) in [6.45, 7) is 1.18. The Kier molecular flexibility index (Phi) is 6.76. The van der Waals surface area contributed by atoms with Crippen molar-refractivity contribution in [2.75, 3.05) is 20.3 Å². The van der Waals surface area contributed by atoms with Crippen molar-refractivity contribution in [1.82, 2.24) is 5.32 Å². The molecule has 0 aliphatic carbocycles. The van der Waals surface area contributed by atoms with E-state index < -0.39 is 0 Å². The fourth-order valence-electron chi connectivity index (χ4n) is 2.46. The number of nitrogens with one attached hydrogen (secondary N) is 1. The average Bonchev–Trinajstić information content (AvgIpc) is 2.58. The number of methoxy groups -OCH3 is 1. The summed E-state index contributed by atoms with van der Waals surface area (Å²) in [5.74, 6) is -0.676. The second-order valence-corrected chi connectivity index (χ2v) is 5.43. The highest BCUT2D eigenvalue weighted by Crippen LogP contribution is 2.22. The lowest BCUT2D eigenvalue weighted by Gasteiger charge is -2.17. The number of hydrogen-bond acceptors (Lipinski definition) is 2. The number of hydrogen-bond donors (Lipinski definition) is 1. The van der Waals surface area contributed by atoms with Crippen LogP contribution < -0.4 is 5.32 Å². The summed E-state index contributed by atoms with van der Waals surface area (Å²) in [5, 5.41) is 2.94. The quantitative estimate of drug-likeness (QED) is 0.759. The summed E-state index contributed by atoms with van der Waals surface area (Å²) in [7, 11) is 1.64. The third-order valence-corrected chi connectivity index (χ3v) is 3.70. The van der Waals surface area contributed by atoms with E-state index >= 15 is 0 Å². The van der Waals surface area contributed by atoms with Crippen LogP contribution in [0.4, 0.5) is 4.39 Å². The van der Waals surface area contributed by atoms with Gasteiger partial charge >= 0.3 is 0 Å². The Morgan fingerprint density at radius 3 is 2.48 bits per heavy atom. The highest BCUT2D eigenvalue weighted by molar-refractivity contribution is 5.84. The molecule has 0 spiro atoms. The lowest BCUT2D eigenvalue weighted by molar-refractivity contribution is -0.122. The van der Waals surface area contributed by atoms with E-state index in [9.17, 15) is 9.18 Å². The molecule has 2 rings (SSSR count). The summed E-state index contributed by atoms with van der Waals surface area (Å²) in [5.41, 5.74) is 1.90. The first-order valence-corrected chi connectivity index (χ1v) is 7.76. The lowest BCUT2D eigenvalue weighted by Crippen LogP contribution is -2.31. The van der Waals surface area contributed by atoms with Crippen LogP contribution in [-0.4, -0.2) is 26.2 Å². The maximum atomic E-state index is 13.2. The van der Waals surface area contributed by atoms with Crippen molar-refractivity contribution < 1.29 is 13.9 Å². The normalized spacial score (nSPS) is 11.9. The molecular weight excluding hydrogens is 293 g/mol. The van der Waals surface area contributed by atoms with Gasteiger partial charge in [0.2, 0.25) is 5.91 Å². The number of benzene rings is 2. The first kappa shape index (κ1) is 17.2. The molecule has 0 heterocycles. The van der Waals surface area contributed by atoms with Crippen molar-refractivity contribution in [3.63, 3.8) is 0 Å². The van der Waals surface area contributed by atoms with E-state index in [4.69, 9.17) is 4.74 Å². The molecule has 0 saturated heterocycles. The van der Waals surface area contributed by atoms with Crippen molar-refractivity contribution in [3.8, 4) is 0 Å². The van der Waals surface area contributed by atoms with Gasteiger partial charge < -0.3 is 10.1 Å². The zero-order valence-electron chi connectivity index (χ0n) is 13.3. The smallest absolute Gasteiger partial charge is 0.227 e. The molecule has 4 heteroatoms. The van der Waals surface area contributed by atoms with Gasteiger partial charge in [0.1, 0.15) is 5.82 Å². The Hall–Kier alpha value is -2.20. The van der Waals surface area contributed by atoms with Crippen molar-refractivity contribution >= 4 is 5.91 Å². The third-order valence-electron chi connectivity index (χ3n) is 3.70. The molecule has 23 heavy (non-hydrogen) atoms. The van der Waals surface area contributed by atoms with Crippen LogP contribution in [0.15, 0.2) is 54.6 Å². The van der Waals surface area contributed by atoms with E-state index in [0.29, 0.717) is 19.6 Å². The topological polar surface area (TPSA) is 38.3 Å². The van der Waals surface area contributed by atoms with Crippen LogP contribution in [0.3, 0.4) is 0 Å². The number of carbonyl (C=O) groups is 1. The van der Waals surface area contributed by atoms with Crippen LogP contribution in [0.5, 0.6) is 0 Å². The predicted molar refractivity (Wildman–Crippen MR) is 88.8 cm³/mol. The molecule has 2 aromatic rings. The Bertz CT molecular complexity index is 599. The second-order valence-electron chi connectivity index (χ2n) is 5.43. The first-order valence-electron chi connectivity index (χ1n) is 7.76. The molecule has 0 bridgehead atoms. The summed E-state index contributed by atoms with van der Waals surface area (Å²) in [4.78, 5) is 12.6. The van der Waals surface area contributed by atoms with Crippen LogP contribution in [-0.2, 0) is 16.0 Å². The van der Waals surface area contributed by atoms with Gasteiger partial charge in [-0.15, -0.1) is 0 Å². The van der Waals surface area contributed by atoms with Crippen LogP contribution in [0.2, 0.25) is 0 Å². The fraction of sp³-hybridized carbons (Fsp3) is 0.316. The van der Waals surface area contributed by atoms with E-state index in [1.54, 1.807) is 19.2 Å². The number of rotatable bonds is 8. The maximum absolute atomic E-state index is 13.2. The van der Waals surface area contributed by atoms with Crippen LogP contribution in [0.25, 0.3) is 0 Å². The van der Waals surface area contributed by atoms with E-state index in [1.807, 2.05) is 30.3 Å². The number of ether oxygens (including phenoxy) is 1. The van der Waals surface area contributed by atoms with Crippen molar-refractivity contribution in [2.24, 2.45) is 0 Å². The van der Waals surface area contributed by atoms with Crippen LogP contribution in [0, 0.1) is 5.82 Å². The summed E-state index contributed by atoms with van der Waals surface area (Å²) in [6, 6.07) is 16.0. The molecule has 1 N–H and O–H groups in total. The van der Waals surface area contributed by atoms with Crippen LogP contribution >= 0.6 is 0 Å². The minimum atomic E-state index is -0.333. The zero-order chi connectivity index (χ0) is 16.5. The van der Waals surface area contributed by atoms with Gasteiger partial charge in [-0.2, -0.15) is 0 Å². The molecule has 122 valence electrons. The molecule has 0 fully saturated rings. The molecule has 2 aromatic carbocycles. The lowest BCUT2D eigenvalue weighted by atomic mass is 9.91. The maximum Gasteiger partial charge on any atom is 0.227 e. The molecule has 0 aromatic heterocycles. The fourth-order valence-corrected chi connectivity index (χ4v) is 2.46. The molecule has 3 nitrogen and oxygen atoms in total. The standard InChI is InChI=1S/C19H22FNO2/c1-23-13-5-12-21-19(22)18(14-15-6-3-2-4-7-15)16-8-10-17(20)11-9-16/h2-4,6-11,18H,5,12-14H2,1H3,(H,21,22). The third kappa shape index (κ3) is 5.49. The van der Waals surface area contributed by atoms with Gasteiger partial charge in [0, 0.05) is 20.3 Å². The molecular formula is C19H22FNO2. The van der Waals surface area contributed by atoms with E-state index in [-0.39, 0.29) is 17.6 Å². The molecule has 1 unspecified atom stereocenters. The Labute approximate surface area is 136 Å². The molecule has 1 atom stereocenters. The van der Waals surface area contributed by atoms with Gasteiger partial charge in [0.05, 0.1) is 5.92 Å². The Morgan fingerprint density at radius 2 is 1.83 bits per heavy atom. The number of amides is 1. The number of halogens is 1. The largest absolute Gasteiger partial charge is 0.385 e. The SMILES string of the molecule is COCCCNC(=O)C(Cc1ccccc1)c1ccc(F)cc1. The van der Waals surface area contributed by atoms with E-state index in [2.05, 4.69) is 5.32 Å². The number of carbonyl (C=O) groups excluding carboxylic acids is 1. The minimum absolute atomic E-state index is 0.0448. The van der Waals surface area contributed by atoms with E-state index in [0.717, 1.165) is 17.5 Å². The average molecular weight is 315 g/mol. The van der Waals surface area contributed by atoms with Crippen molar-refractivity contribution in [3.05, 3.63) is 71.5 Å². The molecule has 0 saturated carbocycles. The molecule has 1 amide bonds.